The molecule has 1 aromatic rings. The van der Waals surface area contributed by atoms with Gasteiger partial charge in [-0.05, 0) is 0 Å². The van der Waals surface area contributed by atoms with Gasteiger partial charge < -0.3 is 15.2 Å². The second kappa shape index (κ2) is 5.04. The molecule has 0 aliphatic carbocycles. The first-order chi connectivity index (χ1) is 6.69. The van der Waals surface area contributed by atoms with E-state index in [0.717, 1.165) is 5.01 Å². The first kappa shape index (κ1) is 11.1. The zero-order valence-electron chi connectivity index (χ0n) is 8.16. The maximum absolute atomic E-state index is 7.35. The Kier molecular flexibility index (Phi) is 3.99. The van der Waals surface area contributed by atoms with E-state index in [1.165, 1.54) is 11.3 Å². The Morgan fingerprint density at radius 1 is 1.43 bits per heavy atom. The van der Waals surface area contributed by atoms with Crippen LogP contribution in [0.4, 0.5) is 0 Å². The molecule has 1 aromatic heterocycles. The fraction of sp³-hybridized carbons (Fsp3) is 0.500. The van der Waals surface area contributed by atoms with Crippen molar-refractivity contribution in [2.75, 3.05) is 14.2 Å². The van der Waals surface area contributed by atoms with E-state index >= 15 is 0 Å². The van der Waals surface area contributed by atoms with Gasteiger partial charge in [-0.25, -0.2) is 4.98 Å². The van der Waals surface area contributed by atoms with E-state index < -0.39 is 0 Å². The molecule has 14 heavy (non-hydrogen) atoms. The lowest BCUT2D eigenvalue weighted by Crippen LogP contribution is -2.11. The van der Waals surface area contributed by atoms with Gasteiger partial charge >= 0.3 is 0 Å². The van der Waals surface area contributed by atoms with Crippen molar-refractivity contribution in [1.29, 1.82) is 5.41 Å². The van der Waals surface area contributed by atoms with Crippen LogP contribution in [-0.4, -0.2) is 25.0 Å². The molecule has 0 radical (unpaired) electrons. The number of nitrogens with one attached hydrogen (secondary N) is 1. The lowest BCUT2D eigenvalue weighted by atomic mass is 10.3. The van der Waals surface area contributed by atoms with E-state index in [2.05, 4.69) is 4.98 Å². The molecule has 5 nitrogen and oxygen atoms in total. The van der Waals surface area contributed by atoms with Gasteiger partial charge in [0, 0.05) is 14.2 Å². The maximum atomic E-state index is 7.35. The molecule has 0 amide bonds. The molecule has 0 saturated heterocycles. The van der Waals surface area contributed by atoms with Crippen LogP contribution in [0.3, 0.4) is 0 Å². The quantitative estimate of drug-likeness (QED) is 0.560. The van der Waals surface area contributed by atoms with Gasteiger partial charge in [0.1, 0.15) is 10.8 Å². The first-order valence-electron chi connectivity index (χ1n) is 4.00. The molecule has 0 spiro atoms. The Morgan fingerprint density at radius 3 is 2.57 bits per heavy atom. The number of hydrogen-bond donors (Lipinski definition) is 2. The number of amidine groups is 1. The summed E-state index contributed by atoms with van der Waals surface area (Å²) < 4.78 is 9.91. The maximum Gasteiger partial charge on any atom is 0.135 e. The largest absolute Gasteiger partial charge is 0.383 e. The molecule has 1 rings (SSSR count). The van der Waals surface area contributed by atoms with Gasteiger partial charge in [-0.3, -0.25) is 5.41 Å². The summed E-state index contributed by atoms with van der Waals surface area (Å²) in [5, 5.41) is 8.16. The monoisotopic (exact) mass is 215 g/mol. The van der Waals surface area contributed by atoms with Crippen LogP contribution in [0.25, 0.3) is 0 Å². The fourth-order valence-electron chi connectivity index (χ4n) is 1.03. The van der Waals surface area contributed by atoms with Crippen LogP contribution in [0.1, 0.15) is 15.6 Å². The number of hydrogen-bond acceptors (Lipinski definition) is 5. The molecule has 3 N–H and O–H groups in total. The highest BCUT2D eigenvalue weighted by atomic mass is 32.1. The van der Waals surface area contributed by atoms with Crippen molar-refractivity contribution >= 4 is 17.2 Å². The van der Waals surface area contributed by atoms with Crippen LogP contribution in [0, 0.1) is 5.41 Å². The fourth-order valence-corrected chi connectivity index (χ4v) is 1.93. The van der Waals surface area contributed by atoms with Crippen molar-refractivity contribution < 1.29 is 9.47 Å². The van der Waals surface area contributed by atoms with Crippen LogP contribution in [0.5, 0.6) is 0 Å². The van der Waals surface area contributed by atoms with Gasteiger partial charge in [-0.2, -0.15) is 0 Å². The molecule has 0 unspecified atom stereocenters. The number of thiazole rings is 1. The van der Waals surface area contributed by atoms with Gasteiger partial charge in [-0.1, -0.05) is 0 Å². The molecule has 0 aliphatic rings. The summed E-state index contributed by atoms with van der Waals surface area (Å²) in [6.45, 7) is 0.809. The van der Waals surface area contributed by atoms with E-state index in [0.29, 0.717) is 23.8 Å². The summed E-state index contributed by atoms with van der Waals surface area (Å²) in [5.41, 5.74) is 6.12. The molecule has 0 atom stereocenters. The number of nitrogens with zero attached hydrogens (tertiary/aromatic N) is 1. The minimum atomic E-state index is 0.0249. The van der Waals surface area contributed by atoms with Crippen LogP contribution in [0.2, 0.25) is 0 Å². The standard InChI is InChI=1S/C8H13N3O2S/c1-12-3-5-7(8(9)10)14-6(11-5)4-13-2/h3-4H2,1-2H3,(H3,9,10). The predicted octanol–water partition coefficient (Wildman–Crippen LogP) is 0.720. The number of methoxy groups -OCH3 is 2. The zero-order valence-corrected chi connectivity index (χ0v) is 8.98. The highest BCUT2D eigenvalue weighted by molar-refractivity contribution is 7.13. The smallest absolute Gasteiger partial charge is 0.135 e. The Balaban J connectivity index is 2.93. The average Bonchev–Trinajstić information content (AvgIpc) is 2.49. The van der Waals surface area contributed by atoms with Crippen LogP contribution < -0.4 is 5.73 Å². The highest BCUT2D eigenvalue weighted by Gasteiger charge is 2.12. The normalized spacial score (nSPS) is 10.4. The van der Waals surface area contributed by atoms with Gasteiger partial charge in [0.05, 0.1) is 23.8 Å². The molecule has 0 fully saturated rings. The highest BCUT2D eigenvalue weighted by Crippen LogP contribution is 2.19. The molecule has 0 saturated carbocycles. The lowest BCUT2D eigenvalue weighted by molar-refractivity contribution is 0.176. The molecule has 0 bridgehead atoms. The zero-order chi connectivity index (χ0) is 10.6. The molecule has 1 heterocycles. The first-order valence-corrected chi connectivity index (χ1v) is 4.81. The van der Waals surface area contributed by atoms with Crippen molar-refractivity contribution in [1.82, 2.24) is 4.98 Å². The SMILES string of the molecule is COCc1nc(COC)c(C(=N)N)s1. The summed E-state index contributed by atoms with van der Waals surface area (Å²) in [5.74, 6) is 0.0249. The number of ether oxygens (including phenoxy) is 2. The van der Waals surface area contributed by atoms with Gasteiger partial charge in [0.2, 0.25) is 0 Å². The van der Waals surface area contributed by atoms with E-state index in [-0.39, 0.29) is 5.84 Å². The van der Waals surface area contributed by atoms with Gasteiger partial charge in [-0.15, -0.1) is 11.3 Å². The topological polar surface area (TPSA) is 81.2 Å². The van der Waals surface area contributed by atoms with Crippen LogP contribution in [-0.2, 0) is 22.7 Å². The Bertz CT molecular complexity index is 324. The summed E-state index contributed by atoms with van der Waals surface area (Å²) in [6.07, 6.45) is 0. The number of nitrogens with two attached hydrogens (primary N) is 1. The lowest BCUT2D eigenvalue weighted by Gasteiger charge is -1.97. The Labute approximate surface area is 86.4 Å². The minimum absolute atomic E-state index is 0.0249. The van der Waals surface area contributed by atoms with Crippen molar-refractivity contribution in [3.8, 4) is 0 Å². The summed E-state index contributed by atoms with van der Waals surface area (Å²) in [6, 6.07) is 0. The van der Waals surface area contributed by atoms with E-state index in [1.54, 1.807) is 14.2 Å². The number of nitrogen functional groups attached to an aromatic ring is 1. The van der Waals surface area contributed by atoms with Crippen molar-refractivity contribution in [3.63, 3.8) is 0 Å². The number of aromatic nitrogens is 1. The second-order valence-electron chi connectivity index (χ2n) is 2.66. The second-order valence-corrected chi connectivity index (χ2v) is 3.75. The van der Waals surface area contributed by atoms with Gasteiger partial charge in [0.25, 0.3) is 0 Å². The summed E-state index contributed by atoms with van der Waals surface area (Å²) >= 11 is 1.37. The molecule has 0 aromatic carbocycles. The number of rotatable bonds is 5. The molecular weight excluding hydrogens is 202 g/mol. The third kappa shape index (κ3) is 2.50. The average molecular weight is 215 g/mol. The van der Waals surface area contributed by atoms with Crippen LogP contribution >= 0.6 is 11.3 Å². The summed E-state index contributed by atoms with van der Waals surface area (Å²) in [7, 11) is 3.18. The van der Waals surface area contributed by atoms with E-state index in [4.69, 9.17) is 20.6 Å². The molecule has 78 valence electrons. The Hall–Kier alpha value is -0.980. The van der Waals surface area contributed by atoms with Crippen LogP contribution in [0.15, 0.2) is 0 Å². The third-order valence-corrected chi connectivity index (χ3v) is 2.64. The van der Waals surface area contributed by atoms with Crippen molar-refractivity contribution in [2.24, 2.45) is 5.73 Å². The molecular formula is C8H13N3O2S. The van der Waals surface area contributed by atoms with E-state index in [9.17, 15) is 0 Å². The third-order valence-electron chi connectivity index (χ3n) is 1.54. The molecule has 0 aliphatic heterocycles. The van der Waals surface area contributed by atoms with Crippen molar-refractivity contribution in [3.05, 3.63) is 15.6 Å². The van der Waals surface area contributed by atoms with Crippen molar-refractivity contribution in [2.45, 2.75) is 13.2 Å². The predicted molar refractivity (Wildman–Crippen MR) is 54.6 cm³/mol. The van der Waals surface area contributed by atoms with Gasteiger partial charge in [0.15, 0.2) is 0 Å². The molecule has 6 heteroatoms. The van der Waals surface area contributed by atoms with E-state index in [1.807, 2.05) is 0 Å². The Morgan fingerprint density at radius 2 is 2.07 bits per heavy atom. The minimum Gasteiger partial charge on any atom is -0.383 e. The summed E-state index contributed by atoms with van der Waals surface area (Å²) in [4.78, 5) is 4.92.